The first-order chi connectivity index (χ1) is 9.40. The van der Waals surface area contributed by atoms with E-state index >= 15 is 0 Å². The van der Waals surface area contributed by atoms with Crippen LogP contribution in [0.25, 0.3) is 0 Å². The number of aryl methyl sites for hydroxylation is 2. The molecule has 0 saturated carbocycles. The smallest absolute Gasteiger partial charge is 0.269 e. The van der Waals surface area contributed by atoms with Gasteiger partial charge in [-0.1, -0.05) is 0 Å². The molecule has 8 heteroatoms. The van der Waals surface area contributed by atoms with E-state index in [0.717, 1.165) is 5.69 Å². The van der Waals surface area contributed by atoms with E-state index in [4.69, 9.17) is 5.73 Å². The van der Waals surface area contributed by atoms with Crippen molar-refractivity contribution in [3.05, 3.63) is 29.8 Å². The molecule has 1 atom stereocenters. The van der Waals surface area contributed by atoms with Crippen LogP contribution < -0.4 is 11.1 Å². The second-order valence-corrected chi connectivity index (χ2v) is 4.50. The lowest BCUT2D eigenvalue weighted by atomic mass is 10.3. The lowest BCUT2D eigenvalue weighted by Gasteiger charge is -2.12. The van der Waals surface area contributed by atoms with Crippen molar-refractivity contribution in [1.82, 2.24) is 19.6 Å². The van der Waals surface area contributed by atoms with Gasteiger partial charge in [0, 0.05) is 13.2 Å². The summed E-state index contributed by atoms with van der Waals surface area (Å²) in [5.74, 6) is -0.952. The van der Waals surface area contributed by atoms with E-state index in [-0.39, 0.29) is 11.6 Å². The summed E-state index contributed by atoms with van der Waals surface area (Å²) < 4.78 is 2.87. The Bertz CT molecular complexity index is 657. The Morgan fingerprint density at radius 1 is 1.45 bits per heavy atom. The number of anilines is 1. The van der Waals surface area contributed by atoms with Gasteiger partial charge in [-0.2, -0.15) is 10.2 Å². The number of nitrogens with zero attached hydrogens (tertiary/aromatic N) is 4. The van der Waals surface area contributed by atoms with Crippen LogP contribution in [0.3, 0.4) is 0 Å². The van der Waals surface area contributed by atoms with Crippen molar-refractivity contribution in [2.45, 2.75) is 19.9 Å². The monoisotopic (exact) mass is 276 g/mol. The molecule has 0 saturated heterocycles. The van der Waals surface area contributed by atoms with Crippen molar-refractivity contribution < 1.29 is 9.59 Å². The molecule has 0 spiro atoms. The normalized spacial score (nSPS) is 12.2. The van der Waals surface area contributed by atoms with Crippen molar-refractivity contribution in [3.63, 3.8) is 0 Å². The highest BCUT2D eigenvalue weighted by molar-refractivity contribution is 6.02. The summed E-state index contributed by atoms with van der Waals surface area (Å²) in [4.78, 5) is 23.5. The van der Waals surface area contributed by atoms with Crippen LogP contribution in [0.1, 0.15) is 29.1 Å². The maximum absolute atomic E-state index is 12.1. The fraction of sp³-hybridized carbons (Fsp3) is 0.333. The minimum atomic E-state index is -0.650. The molecule has 3 N–H and O–H groups in total. The Balaban J connectivity index is 2.18. The Morgan fingerprint density at radius 3 is 2.70 bits per heavy atom. The molecule has 0 bridgehead atoms. The number of rotatable bonds is 4. The zero-order valence-electron chi connectivity index (χ0n) is 11.5. The van der Waals surface area contributed by atoms with Crippen molar-refractivity contribution in [2.24, 2.45) is 12.8 Å². The van der Waals surface area contributed by atoms with Gasteiger partial charge in [-0.05, 0) is 19.9 Å². The Kier molecular flexibility index (Phi) is 3.55. The second kappa shape index (κ2) is 5.16. The molecule has 2 amide bonds. The first kappa shape index (κ1) is 13.8. The van der Waals surface area contributed by atoms with E-state index in [0.29, 0.717) is 5.69 Å². The molecule has 2 rings (SSSR count). The fourth-order valence-corrected chi connectivity index (χ4v) is 1.83. The van der Waals surface area contributed by atoms with Gasteiger partial charge >= 0.3 is 0 Å². The van der Waals surface area contributed by atoms with Gasteiger partial charge in [0.05, 0.1) is 17.6 Å². The summed E-state index contributed by atoms with van der Waals surface area (Å²) in [6.45, 7) is 3.55. The van der Waals surface area contributed by atoms with Gasteiger partial charge in [0.2, 0.25) is 5.91 Å². The second-order valence-electron chi connectivity index (χ2n) is 4.50. The van der Waals surface area contributed by atoms with Crippen molar-refractivity contribution in [2.75, 3.05) is 5.32 Å². The minimum Gasteiger partial charge on any atom is -0.364 e. The average molecular weight is 276 g/mol. The predicted octanol–water partition coefficient (Wildman–Crippen LogP) is 0.224. The van der Waals surface area contributed by atoms with Crippen molar-refractivity contribution in [3.8, 4) is 0 Å². The molecule has 20 heavy (non-hydrogen) atoms. The van der Waals surface area contributed by atoms with E-state index in [1.165, 1.54) is 10.9 Å². The van der Waals surface area contributed by atoms with Crippen LogP contribution in [-0.2, 0) is 11.8 Å². The summed E-state index contributed by atoms with van der Waals surface area (Å²) in [7, 11) is 1.58. The molecule has 0 radical (unpaired) electrons. The molecule has 0 unspecified atom stereocenters. The van der Waals surface area contributed by atoms with Crippen LogP contribution >= 0.6 is 0 Å². The summed E-state index contributed by atoms with van der Waals surface area (Å²) in [5, 5.41) is 10.7. The van der Waals surface area contributed by atoms with Crippen molar-refractivity contribution in [1.29, 1.82) is 0 Å². The number of hydrogen-bond donors (Lipinski definition) is 2. The number of aromatic nitrogens is 4. The first-order valence-electron chi connectivity index (χ1n) is 6.04. The molecule has 0 aliphatic carbocycles. The Hall–Kier alpha value is -2.64. The van der Waals surface area contributed by atoms with E-state index in [1.807, 2.05) is 13.0 Å². The van der Waals surface area contributed by atoms with Crippen LogP contribution in [0.4, 0.5) is 5.69 Å². The van der Waals surface area contributed by atoms with Crippen molar-refractivity contribution >= 4 is 17.5 Å². The highest BCUT2D eigenvalue weighted by Crippen LogP contribution is 2.16. The van der Waals surface area contributed by atoms with Gasteiger partial charge in [-0.25, -0.2) is 0 Å². The molecular formula is C12H16N6O2. The summed E-state index contributed by atoms with van der Waals surface area (Å²) >= 11 is 0. The van der Waals surface area contributed by atoms with Gasteiger partial charge in [-0.3, -0.25) is 19.0 Å². The maximum Gasteiger partial charge on any atom is 0.269 e. The number of hydrogen-bond acceptors (Lipinski definition) is 4. The van der Waals surface area contributed by atoms with E-state index in [1.54, 1.807) is 24.9 Å². The molecule has 0 aliphatic heterocycles. The highest BCUT2D eigenvalue weighted by atomic mass is 16.2. The Labute approximate surface area is 115 Å². The van der Waals surface area contributed by atoms with Crippen LogP contribution in [0.5, 0.6) is 0 Å². The van der Waals surface area contributed by atoms with Gasteiger partial charge in [0.1, 0.15) is 11.7 Å². The third-order valence-corrected chi connectivity index (χ3v) is 2.95. The first-order valence-corrected chi connectivity index (χ1v) is 6.04. The maximum atomic E-state index is 12.1. The molecule has 0 aromatic carbocycles. The molecule has 106 valence electrons. The van der Waals surface area contributed by atoms with Gasteiger partial charge in [0.15, 0.2) is 0 Å². The number of nitrogens with one attached hydrogen (secondary N) is 1. The molecule has 2 aromatic rings. The SMILES string of the molecule is Cc1ccn([C@H](C)C(=O)Nc2cnn(C)c2C(N)=O)n1. The number of amides is 2. The van der Waals surface area contributed by atoms with E-state index < -0.39 is 11.9 Å². The number of carbonyl (C=O) groups excluding carboxylic acids is 2. The number of carbonyl (C=O) groups is 2. The summed E-state index contributed by atoms with van der Waals surface area (Å²) in [6.07, 6.45) is 3.11. The lowest BCUT2D eigenvalue weighted by Crippen LogP contribution is -2.26. The van der Waals surface area contributed by atoms with Gasteiger partial charge < -0.3 is 11.1 Å². The average Bonchev–Trinajstić information content (AvgIpc) is 2.95. The number of nitrogens with two attached hydrogens (primary N) is 1. The molecule has 0 aliphatic rings. The van der Waals surface area contributed by atoms with Crippen LogP contribution in [0.15, 0.2) is 18.5 Å². The van der Waals surface area contributed by atoms with Crippen LogP contribution in [0, 0.1) is 6.92 Å². The molecule has 8 nitrogen and oxygen atoms in total. The minimum absolute atomic E-state index is 0.155. The molecule has 2 aromatic heterocycles. The molecular weight excluding hydrogens is 260 g/mol. The summed E-state index contributed by atoms with van der Waals surface area (Å²) in [6, 6.07) is 1.30. The van der Waals surface area contributed by atoms with Crippen LogP contribution in [0.2, 0.25) is 0 Å². The zero-order chi connectivity index (χ0) is 14.9. The van der Waals surface area contributed by atoms with Crippen LogP contribution in [-0.4, -0.2) is 31.4 Å². The molecule has 2 heterocycles. The largest absolute Gasteiger partial charge is 0.364 e. The summed E-state index contributed by atoms with van der Waals surface area (Å²) in [5.41, 5.74) is 6.53. The topological polar surface area (TPSA) is 108 Å². The highest BCUT2D eigenvalue weighted by Gasteiger charge is 2.20. The van der Waals surface area contributed by atoms with Gasteiger partial charge in [0.25, 0.3) is 5.91 Å². The third kappa shape index (κ3) is 2.53. The third-order valence-electron chi connectivity index (χ3n) is 2.95. The predicted molar refractivity (Wildman–Crippen MR) is 72.0 cm³/mol. The Morgan fingerprint density at radius 2 is 2.15 bits per heavy atom. The standard InChI is InChI=1S/C12H16N6O2/c1-7-4-5-18(16-7)8(2)12(20)15-9-6-14-17(3)10(9)11(13)19/h4-6,8H,1-3H3,(H2,13,19)(H,15,20)/t8-/m1/s1. The lowest BCUT2D eigenvalue weighted by molar-refractivity contribution is -0.119. The van der Waals surface area contributed by atoms with E-state index in [9.17, 15) is 9.59 Å². The van der Waals surface area contributed by atoms with E-state index in [2.05, 4.69) is 15.5 Å². The fourth-order valence-electron chi connectivity index (χ4n) is 1.83. The number of primary amides is 1. The quantitative estimate of drug-likeness (QED) is 0.832. The molecule has 0 fully saturated rings. The van der Waals surface area contributed by atoms with Gasteiger partial charge in [-0.15, -0.1) is 0 Å². The zero-order valence-corrected chi connectivity index (χ0v) is 11.5.